The predicted octanol–water partition coefficient (Wildman–Crippen LogP) is 1.91. The Morgan fingerprint density at radius 2 is 2.20 bits per heavy atom. The van der Waals surface area contributed by atoms with E-state index in [9.17, 15) is 4.79 Å². The van der Waals surface area contributed by atoms with Crippen LogP contribution < -0.4 is 11.1 Å². The van der Waals surface area contributed by atoms with E-state index in [1.54, 1.807) is 0 Å². The van der Waals surface area contributed by atoms with Gasteiger partial charge in [-0.1, -0.05) is 13.8 Å². The molecule has 0 aliphatic rings. The lowest BCUT2D eigenvalue weighted by Crippen LogP contribution is -2.50. The minimum absolute atomic E-state index is 0.151. The smallest absolute Gasteiger partial charge is 0.246 e. The quantitative estimate of drug-likeness (QED) is 0.825. The zero-order chi connectivity index (χ0) is 11.5. The molecule has 1 rings (SSSR count). The topological polar surface area (TPSA) is 68.0 Å². The Balaban J connectivity index is 2.70. The molecular weight excluding hydrogens is 210 g/mol. The van der Waals surface area contributed by atoms with Crippen LogP contribution >= 0.6 is 11.3 Å². The van der Waals surface area contributed by atoms with E-state index < -0.39 is 5.54 Å². The number of aryl methyl sites for hydroxylation is 1. The summed E-state index contributed by atoms with van der Waals surface area (Å²) in [6.07, 6.45) is 1.25. The van der Waals surface area contributed by atoms with Crippen LogP contribution in [0.3, 0.4) is 0 Å². The van der Waals surface area contributed by atoms with Crippen LogP contribution in [0.2, 0.25) is 0 Å². The molecule has 5 heteroatoms. The molecule has 0 saturated heterocycles. The number of rotatable bonds is 4. The van der Waals surface area contributed by atoms with Crippen molar-refractivity contribution in [1.29, 1.82) is 0 Å². The fourth-order valence-electron chi connectivity index (χ4n) is 1.20. The zero-order valence-corrected chi connectivity index (χ0v) is 10.1. The number of nitrogens with two attached hydrogens (primary N) is 1. The first-order valence-electron chi connectivity index (χ1n) is 5.04. The summed E-state index contributed by atoms with van der Waals surface area (Å²) in [5.74, 6) is -0.151. The van der Waals surface area contributed by atoms with Gasteiger partial charge in [0.15, 0.2) is 5.13 Å². The monoisotopic (exact) mass is 227 g/mol. The van der Waals surface area contributed by atoms with Gasteiger partial charge in [0.1, 0.15) is 0 Å². The molecule has 0 radical (unpaired) electrons. The maximum atomic E-state index is 11.8. The van der Waals surface area contributed by atoms with Crippen LogP contribution in [0.5, 0.6) is 0 Å². The molecule has 3 N–H and O–H groups in total. The average Bonchev–Trinajstić information content (AvgIpc) is 2.62. The molecule has 0 bridgehead atoms. The number of hydrogen-bond donors (Lipinski definition) is 2. The van der Waals surface area contributed by atoms with E-state index in [1.165, 1.54) is 11.3 Å². The summed E-state index contributed by atoms with van der Waals surface area (Å²) in [6, 6.07) is 0. The summed E-state index contributed by atoms with van der Waals surface area (Å²) in [6.45, 7) is 5.72. The van der Waals surface area contributed by atoms with Crippen LogP contribution in [0, 0.1) is 6.92 Å². The molecule has 0 saturated carbocycles. The fraction of sp³-hybridized carbons (Fsp3) is 0.600. The van der Waals surface area contributed by atoms with E-state index in [2.05, 4.69) is 10.3 Å². The van der Waals surface area contributed by atoms with Crippen LogP contribution in [-0.4, -0.2) is 16.4 Å². The Bertz CT molecular complexity index is 344. The summed E-state index contributed by atoms with van der Waals surface area (Å²) in [4.78, 5) is 16.0. The van der Waals surface area contributed by atoms with Crippen molar-refractivity contribution < 1.29 is 4.79 Å². The molecule has 0 aliphatic carbocycles. The normalized spacial score (nSPS) is 11.5. The van der Waals surface area contributed by atoms with E-state index in [-0.39, 0.29) is 5.91 Å². The maximum Gasteiger partial charge on any atom is 0.246 e. The highest BCUT2D eigenvalue weighted by Crippen LogP contribution is 2.18. The van der Waals surface area contributed by atoms with Gasteiger partial charge in [0.05, 0.1) is 11.2 Å². The Morgan fingerprint density at radius 3 is 2.60 bits per heavy atom. The Morgan fingerprint density at radius 1 is 1.60 bits per heavy atom. The highest BCUT2D eigenvalue weighted by atomic mass is 32.1. The van der Waals surface area contributed by atoms with Crippen LogP contribution in [0.1, 0.15) is 32.4 Å². The minimum atomic E-state index is -0.778. The third-order valence-electron chi connectivity index (χ3n) is 2.55. The first kappa shape index (κ1) is 12.1. The van der Waals surface area contributed by atoms with Crippen molar-refractivity contribution in [3.63, 3.8) is 0 Å². The molecule has 84 valence electrons. The highest BCUT2D eigenvalue weighted by molar-refractivity contribution is 7.13. The van der Waals surface area contributed by atoms with E-state index in [0.717, 1.165) is 5.69 Å². The van der Waals surface area contributed by atoms with E-state index in [4.69, 9.17) is 5.73 Å². The van der Waals surface area contributed by atoms with Gasteiger partial charge >= 0.3 is 0 Å². The zero-order valence-electron chi connectivity index (χ0n) is 9.33. The number of nitrogens with zero attached hydrogens (tertiary/aromatic N) is 1. The molecule has 0 aromatic carbocycles. The number of aromatic nitrogens is 1. The van der Waals surface area contributed by atoms with E-state index in [1.807, 2.05) is 26.2 Å². The molecule has 1 amide bonds. The van der Waals surface area contributed by atoms with Gasteiger partial charge in [-0.15, -0.1) is 11.3 Å². The molecule has 4 nitrogen and oxygen atoms in total. The summed E-state index contributed by atoms with van der Waals surface area (Å²) in [7, 11) is 0. The molecule has 0 atom stereocenters. The van der Waals surface area contributed by atoms with Crippen LogP contribution in [0.25, 0.3) is 0 Å². The molecule has 15 heavy (non-hydrogen) atoms. The Labute approximate surface area is 93.9 Å². The van der Waals surface area contributed by atoms with Crippen molar-refractivity contribution in [2.24, 2.45) is 5.73 Å². The van der Waals surface area contributed by atoms with Gasteiger partial charge in [-0.3, -0.25) is 4.79 Å². The van der Waals surface area contributed by atoms with Gasteiger partial charge in [-0.2, -0.15) is 0 Å². The van der Waals surface area contributed by atoms with E-state index >= 15 is 0 Å². The van der Waals surface area contributed by atoms with Gasteiger partial charge in [-0.25, -0.2) is 4.98 Å². The summed E-state index contributed by atoms with van der Waals surface area (Å²) in [5.41, 5.74) is 6.09. The Kier molecular flexibility index (Phi) is 3.82. The lowest BCUT2D eigenvalue weighted by atomic mass is 9.93. The summed E-state index contributed by atoms with van der Waals surface area (Å²) < 4.78 is 0. The first-order valence-corrected chi connectivity index (χ1v) is 5.92. The predicted molar refractivity (Wildman–Crippen MR) is 63.0 cm³/mol. The molecule has 0 fully saturated rings. The second-order valence-corrected chi connectivity index (χ2v) is 4.47. The number of amides is 1. The minimum Gasteiger partial charge on any atom is -0.317 e. The average molecular weight is 227 g/mol. The number of thiazole rings is 1. The molecule has 1 heterocycles. The van der Waals surface area contributed by atoms with Crippen LogP contribution in [-0.2, 0) is 4.79 Å². The van der Waals surface area contributed by atoms with Gasteiger partial charge in [0, 0.05) is 5.38 Å². The van der Waals surface area contributed by atoms with Gasteiger partial charge in [-0.05, 0) is 19.8 Å². The lowest BCUT2D eigenvalue weighted by Gasteiger charge is -2.24. The molecule has 1 aromatic heterocycles. The number of carbonyl (C=O) groups excluding carboxylic acids is 1. The molecule has 1 aromatic rings. The fourth-order valence-corrected chi connectivity index (χ4v) is 1.89. The molecule has 0 spiro atoms. The number of anilines is 1. The largest absolute Gasteiger partial charge is 0.317 e. The molecule has 0 aliphatic heterocycles. The first-order chi connectivity index (χ1) is 7.01. The Hall–Kier alpha value is -0.940. The van der Waals surface area contributed by atoms with Crippen molar-refractivity contribution >= 4 is 22.4 Å². The van der Waals surface area contributed by atoms with Crippen molar-refractivity contribution in [2.75, 3.05) is 5.32 Å². The van der Waals surface area contributed by atoms with Crippen LogP contribution in [0.15, 0.2) is 5.38 Å². The lowest BCUT2D eigenvalue weighted by molar-refractivity contribution is -0.121. The number of carbonyl (C=O) groups is 1. The number of nitrogens with one attached hydrogen (secondary N) is 1. The highest BCUT2D eigenvalue weighted by Gasteiger charge is 2.30. The van der Waals surface area contributed by atoms with Gasteiger partial charge in [0.2, 0.25) is 5.91 Å². The van der Waals surface area contributed by atoms with Crippen molar-refractivity contribution in [3.8, 4) is 0 Å². The van der Waals surface area contributed by atoms with Crippen molar-refractivity contribution in [1.82, 2.24) is 4.98 Å². The second-order valence-electron chi connectivity index (χ2n) is 3.61. The van der Waals surface area contributed by atoms with Crippen molar-refractivity contribution in [3.05, 3.63) is 11.1 Å². The maximum absolute atomic E-state index is 11.8. The van der Waals surface area contributed by atoms with Gasteiger partial charge in [0.25, 0.3) is 0 Å². The van der Waals surface area contributed by atoms with Crippen LogP contribution in [0.4, 0.5) is 5.13 Å². The third kappa shape index (κ3) is 2.76. The van der Waals surface area contributed by atoms with Gasteiger partial charge < -0.3 is 11.1 Å². The molecular formula is C10H17N3OS. The third-order valence-corrected chi connectivity index (χ3v) is 3.43. The summed E-state index contributed by atoms with van der Waals surface area (Å²) in [5, 5.41) is 5.26. The summed E-state index contributed by atoms with van der Waals surface area (Å²) >= 11 is 1.42. The standard InChI is InChI=1S/C10H17N3OS/c1-4-10(11,5-2)8(14)13-9-12-7(3)6-15-9/h6H,4-5,11H2,1-3H3,(H,12,13,14). The van der Waals surface area contributed by atoms with Crippen molar-refractivity contribution in [2.45, 2.75) is 39.2 Å². The molecule has 0 unspecified atom stereocenters. The second kappa shape index (κ2) is 4.72. The SMILES string of the molecule is CCC(N)(CC)C(=O)Nc1nc(C)cs1. The van der Waals surface area contributed by atoms with E-state index in [0.29, 0.717) is 18.0 Å². The number of hydrogen-bond acceptors (Lipinski definition) is 4.